The molecule has 1 aliphatic rings. The molecule has 0 saturated heterocycles. The van der Waals surface area contributed by atoms with E-state index in [1.165, 1.54) is 5.57 Å². The van der Waals surface area contributed by atoms with Gasteiger partial charge in [-0.2, -0.15) is 0 Å². The van der Waals surface area contributed by atoms with E-state index < -0.39 is 0 Å². The maximum atomic E-state index is 11.8. The molecular weight excluding hydrogens is 256 g/mol. The first-order chi connectivity index (χ1) is 9.66. The number of hydrogen-bond donors (Lipinski definition) is 0. The van der Waals surface area contributed by atoms with Gasteiger partial charge in [0.25, 0.3) is 0 Å². The molecule has 4 nitrogen and oxygen atoms in total. The lowest BCUT2D eigenvalue weighted by Crippen LogP contribution is -1.97. The van der Waals surface area contributed by atoms with Crippen LogP contribution in [0.3, 0.4) is 0 Å². The molecule has 0 amide bonds. The normalized spacial score (nSPS) is 11.5. The summed E-state index contributed by atoms with van der Waals surface area (Å²) in [7, 11) is 0. The Morgan fingerprint density at radius 2 is 2.15 bits per heavy atom. The molecule has 1 aromatic rings. The average Bonchev–Trinajstić information content (AvgIpc) is 2.89. The number of benzene rings is 1. The summed E-state index contributed by atoms with van der Waals surface area (Å²) in [5, 5.41) is 0. The van der Waals surface area contributed by atoms with Crippen molar-refractivity contribution in [3.8, 4) is 23.3 Å². The molecule has 1 aromatic carbocycles. The third-order valence-electron chi connectivity index (χ3n) is 2.62. The van der Waals surface area contributed by atoms with Crippen molar-refractivity contribution in [1.29, 1.82) is 0 Å². The van der Waals surface area contributed by atoms with Gasteiger partial charge in [-0.3, -0.25) is 4.79 Å². The Morgan fingerprint density at radius 3 is 2.95 bits per heavy atom. The second kappa shape index (κ2) is 6.78. The number of ether oxygens (including phenoxy) is 3. The Labute approximate surface area is 118 Å². The summed E-state index contributed by atoms with van der Waals surface area (Å²) in [6.45, 7) is 4.93. The van der Waals surface area contributed by atoms with Gasteiger partial charge in [0.1, 0.15) is 6.61 Å². The van der Waals surface area contributed by atoms with E-state index >= 15 is 0 Å². The highest BCUT2D eigenvalue weighted by Gasteiger charge is 2.15. The van der Waals surface area contributed by atoms with Gasteiger partial charge in [-0.15, -0.1) is 0 Å². The number of Topliss-reactive ketones (excluding diaryl/α,β-unsaturated/α-hetero) is 1. The van der Waals surface area contributed by atoms with Crippen molar-refractivity contribution in [3.05, 3.63) is 35.4 Å². The van der Waals surface area contributed by atoms with E-state index in [1.54, 1.807) is 18.2 Å². The maximum Gasteiger partial charge on any atom is 0.236 e. The molecule has 1 aliphatic heterocycles. The Balaban J connectivity index is 1.88. The van der Waals surface area contributed by atoms with Crippen molar-refractivity contribution < 1.29 is 19.0 Å². The second-order valence-electron chi connectivity index (χ2n) is 4.50. The molecule has 0 spiro atoms. The fourth-order valence-corrected chi connectivity index (χ4v) is 1.56. The lowest BCUT2D eigenvalue weighted by atomic mass is 10.1. The van der Waals surface area contributed by atoms with Gasteiger partial charge in [-0.05, 0) is 38.0 Å². The van der Waals surface area contributed by atoms with Gasteiger partial charge < -0.3 is 14.2 Å². The lowest BCUT2D eigenvalue weighted by Gasteiger charge is -1.97. The zero-order valence-corrected chi connectivity index (χ0v) is 11.6. The van der Waals surface area contributed by atoms with Gasteiger partial charge in [-0.1, -0.05) is 17.6 Å². The summed E-state index contributed by atoms with van der Waals surface area (Å²) >= 11 is 0. The highest BCUT2D eigenvalue weighted by molar-refractivity contribution is 6.09. The lowest BCUT2D eigenvalue weighted by molar-refractivity contribution is 0.105. The minimum atomic E-state index is -0.255. The van der Waals surface area contributed by atoms with Crippen LogP contribution in [-0.2, 0) is 4.74 Å². The predicted molar refractivity (Wildman–Crippen MR) is 74.9 cm³/mol. The van der Waals surface area contributed by atoms with Crippen molar-refractivity contribution >= 4 is 5.78 Å². The van der Waals surface area contributed by atoms with Crippen molar-refractivity contribution in [1.82, 2.24) is 0 Å². The fourth-order valence-electron chi connectivity index (χ4n) is 1.56. The van der Waals surface area contributed by atoms with Crippen molar-refractivity contribution in [2.45, 2.75) is 13.8 Å². The van der Waals surface area contributed by atoms with Crippen LogP contribution in [0, 0.1) is 11.8 Å². The summed E-state index contributed by atoms with van der Waals surface area (Å²) in [6.07, 6.45) is 1.96. The summed E-state index contributed by atoms with van der Waals surface area (Å²) in [5.41, 5.74) is 1.68. The molecule has 2 rings (SSSR count). The highest BCUT2D eigenvalue weighted by atomic mass is 16.7. The molecule has 0 fully saturated rings. The van der Waals surface area contributed by atoms with Crippen molar-refractivity contribution in [2.75, 3.05) is 20.0 Å². The van der Waals surface area contributed by atoms with Crippen LogP contribution in [0.15, 0.2) is 29.8 Å². The Kier molecular flexibility index (Phi) is 4.80. The van der Waals surface area contributed by atoms with Crippen molar-refractivity contribution in [2.24, 2.45) is 0 Å². The number of fused-ring (bicyclic) bond motifs is 1. The van der Waals surface area contributed by atoms with Gasteiger partial charge in [0.15, 0.2) is 11.5 Å². The van der Waals surface area contributed by atoms with Crippen LogP contribution in [0.1, 0.15) is 24.2 Å². The fraction of sp³-hybridized carbons (Fsp3) is 0.312. The smallest absolute Gasteiger partial charge is 0.236 e. The van der Waals surface area contributed by atoms with E-state index in [4.69, 9.17) is 14.2 Å². The quantitative estimate of drug-likeness (QED) is 0.278. The second-order valence-corrected chi connectivity index (χ2v) is 4.50. The maximum absolute atomic E-state index is 11.8. The molecule has 0 bridgehead atoms. The average molecular weight is 272 g/mol. The van der Waals surface area contributed by atoms with Gasteiger partial charge in [-0.25, -0.2) is 0 Å². The molecule has 0 unspecified atom stereocenters. The summed E-state index contributed by atoms with van der Waals surface area (Å²) in [5.74, 6) is 6.23. The third kappa shape index (κ3) is 3.87. The standard InChI is InChI=1S/C16H16O4/c1-12(2)7-9-18-8-3-4-14(17)13-5-6-15-16(10-13)20-11-19-15/h5-7,10H,8-9,11H2,1-2H3. The van der Waals surface area contributed by atoms with Crippen LogP contribution >= 0.6 is 0 Å². The summed E-state index contributed by atoms with van der Waals surface area (Å²) in [6, 6.07) is 5.03. The van der Waals surface area contributed by atoms with E-state index in [-0.39, 0.29) is 19.2 Å². The van der Waals surface area contributed by atoms with Crippen LogP contribution in [0.2, 0.25) is 0 Å². The Bertz CT molecular complexity index is 586. The van der Waals surface area contributed by atoms with Crippen LogP contribution in [0.25, 0.3) is 0 Å². The first-order valence-corrected chi connectivity index (χ1v) is 6.31. The zero-order valence-electron chi connectivity index (χ0n) is 11.6. The number of carbonyl (C=O) groups excluding carboxylic acids is 1. The van der Waals surface area contributed by atoms with Crippen molar-refractivity contribution in [3.63, 3.8) is 0 Å². The minimum Gasteiger partial charge on any atom is -0.454 e. The van der Waals surface area contributed by atoms with E-state index in [2.05, 4.69) is 11.8 Å². The van der Waals surface area contributed by atoms with Crippen LogP contribution < -0.4 is 9.47 Å². The molecule has 0 radical (unpaired) electrons. The molecular formula is C16H16O4. The monoisotopic (exact) mass is 272 g/mol. The van der Waals surface area contributed by atoms with E-state index in [0.29, 0.717) is 23.7 Å². The summed E-state index contributed by atoms with van der Waals surface area (Å²) < 4.78 is 15.7. The van der Waals surface area contributed by atoms with Gasteiger partial charge in [0, 0.05) is 5.56 Å². The largest absolute Gasteiger partial charge is 0.454 e. The zero-order chi connectivity index (χ0) is 14.4. The minimum absolute atomic E-state index is 0.191. The summed E-state index contributed by atoms with van der Waals surface area (Å²) in [4.78, 5) is 11.8. The Hall–Kier alpha value is -2.25. The number of allylic oxidation sites excluding steroid dienone is 1. The van der Waals surface area contributed by atoms with Crippen LogP contribution in [0.5, 0.6) is 11.5 Å². The molecule has 20 heavy (non-hydrogen) atoms. The molecule has 0 N–H and O–H groups in total. The molecule has 0 aromatic heterocycles. The van der Waals surface area contributed by atoms with Crippen LogP contribution in [-0.4, -0.2) is 25.8 Å². The first kappa shape index (κ1) is 14.2. The van der Waals surface area contributed by atoms with Crippen LogP contribution in [0.4, 0.5) is 0 Å². The third-order valence-corrected chi connectivity index (χ3v) is 2.62. The first-order valence-electron chi connectivity index (χ1n) is 6.31. The predicted octanol–water partition coefficient (Wildman–Crippen LogP) is 2.58. The molecule has 0 saturated carbocycles. The van der Waals surface area contributed by atoms with Gasteiger partial charge >= 0.3 is 0 Å². The molecule has 104 valence electrons. The number of ketones is 1. The van der Waals surface area contributed by atoms with E-state index in [1.807, 2.05) is 19.9 Å². The van der Waals surface area contributed by atoms with Gasteiger partial charge in [0.05, 0.1) is 6.61 Å². The number of carbonyl (C=O) groups is 1. The van der Waals surface area contributed by atoms with Gasteiger partial charge in [0.2, 0.25) is 12.6 Å². The van der Waals surface area contributed by atoms with E-state index in [0.717, 1.165) is 0 Å². The Morgan fingerprint density at radius 1 is 1.35 bits per heavy atom. The number of hydrogen-bond acceptors (Lipinski definition) is 4. The topological polar surface area (TPSA) is 44.8 Å². The molecule has 1 heterocycles. The van der Waals surface area contributed by atoms with E-state index in [9.17, 15) is 4.79 Å². The molecule has 4 heteroatoms. The molecule has 0 aliphatic carbocycles. The highest BCUT2D eigenvalue weighted by Crippen LogP contribution is 2.32. The molecule has 0 atom stereocenters. The SMILES string of the molecule is CC(C)=CCOCC#CC(=O)c1ccc2c(c1)OCO2. The number of rotatable bonds is 4.